The van der Waals surface area contributed by atoms with Crippen molar-refractivity contribution >= 4 is 23.1 Å². The molecule has 1 atom stereocenters. The second kappa shape index (κ2) is 6.66. The zero-order valence-corrected chi connectivity index (χ0v) is 12.6. The van der Waals surface area contributed by atoms with Crippen molar-refractivity contribution in [2.45, 2.75) is 45.1 Å². The van der Waals surface area contributed by atoms with E-state index in [2.05, 4.69) is 4.90 Å². The highest BCUT2D eigenvalue weighted by Gasteiger charge is 2.29. The molecule has 2 fully saturated rings. The normalized spacial score (nSPS) is 24.2. The second-order valence-electron chi connectivity index (χ2n) is 5.77. The van der Waals surface area contributed by atoms with Gasteiger partial charge in [-0.15, -0.1) is 0 Å². The van der Waals surface area contributed by atoms with Gasteiger partial charge in [-0.2, -0.15) is 0 Å². The van der Waals surface area contributed by atoms with Crippen LogP contribution < -0.4 is 5.73 Å². The summed E-state index contributed by atoms with van der Waals surface area (Å²) in [5, 5.41) is 0. The molecule has 1 aliphatic heterocycles. The lowest BCUT2D eigenvalue weighted by Gasteiger charge is -2.39. The van der Waals surface area contributed by atoms with Crippen LogP contribution in [0.25, 0.3) is 0 Å². The molecule has 1 heterocycles. The lowest BCUT2D eigenvalue weighted by Crippen LogP contribution is -2.54. The Morgan fingerprint density at radius 2 is 1.74 bits per heavy atom. The number of nitrogens with zero attached hydrogens (tertiary/aromatic N) is 2. The summed E-state index contributed by atoms with van der Waals surface area (Å²) in [5.74, 6) is 0.663. The van der Waals surface area contributed by atoms with Crippen LogP contribution in [-0.4, -0.2) is 52.9 Å². The van der Waals surface area contributed by atoms with Crippen molar-refractivity contribution in [3.63, 3.8) is 0 Å². The van der Waals surface area contributed by atoms with Gasteiger partial charge in [-0.1, -0.05) is 31.5 Å². The molecule has 2 aliphatic rings. The predicted molar refractivity (Wildman–Crippen MR) is 81.0 cm³/mol. The van der Waals surface area contributed by atoms with Crippen LogP contribution in [0.5, 0.6) is 0 Å². The molecule has 1 unspecified atom stereocenters. The summed E-state index contributed by atoms with van der Waals surface area (Å²) in [6.45, 7) is 5.46. The van der Waals surface area contributed by atoms with Crippen LogP contribution >= 0.6 is 12.2 Å². The highest BCUT2D eigenvalue weighted by atomic mass is 32.1. The minimum absolute atomic E-state index is 0.141. The molecule has 0 bridgehead atoms. The van der Waals surface area contributed by atoms with Crippen molar-refractivity contribution in [2.75, 3.05) is 26.2 Å². The van der Waals surface area contributed by atoms with Gasteiger partial charge in [0.25, 0.3) is 0 Å². The fourth-order valence-corrected chi connectivity index (χ4v) is 3.27. The molecule has 0 aromatic rings. The summed E-state index contributed by atoms with van der Waals surface area (Å²) in [6, 6.07) is 0.141. The Bertz CT molecular complexity index is 334. The Kier molecular flexibility index (Phi) is 5.16. The molecule has 1 amide bonds. The second-order valence-corrected chi connectivity index (χ2v) is 6.25. The van der Waals surface area contributed by atoms with Gasteiger partial charge in [0.05, 0.1) is 11.0 Å². The molecule has 0 radical (unpaired) electrons. The summed E-state index contributed by atoms with van der Waals surface area (Å²) < 4.78 is 0. The number of hydrogen-bond acceptors (Lipinski definition) is 3. The Balaban J connectivity index is 1.82. The fraction of sp³-hybridized carbons (Fsp3) is 0.857. The van der Waals surface area contributed by atoms with Gasteiger partial charge in [-0.3, -0.25) is 9.69 Å². The SMILES string of the molecule is CC(C(N)=S)N1CCN(C(=O)C2CCCCC2)CC1. The van der Waals surface area contributed by atoms with Crippen molar-refractivity contribution in [3.05, 3.63) is 0 Å². The zero-order valence-electron chi connectivity index (χ0n) is 11.8. The van der Waals surface area contributed by atoms with Gasteiger partial charge in [-0.25, -0.2) is 0 Å². The maximum Gasteiger partial charge on any atom is 0.225 e. The largest absolute Gasteiger partial charge is 0.392 e. The average Bonchev–Trinajstić information content (AvgIpc) is 2.46. The van der Waals surface area contributed by atoms with Crippen LogP contribution in [0.2, 0.25) is 0 Å². The van der Waals surface area contributed by atoms with E-state index in [0.29, 0.717) is 10.9 Å². The smallest absolute Gasteiger partial charge is 0.225 e. The van der Waals surface area contributed by atoms with Crippen molar-refractivity contribution in [1.29, 1.82) is 0 Å². The van der Waals surface area contributed by atoms with Crippen LogP contribution in [0, 0.1) is 5.92 Å². The predicted octanol–water partition coefficient (Wildman–Crippen LogP) is 1.39. The first-order chi connectivity index (χ1) is 9.09. The lowest BCUT2D eigenvalue weighted by atomic mass is 9.88. The van der Waals surface area contributed by atoms with Crippen molar-refractivity contribution in [3.8, 4) is 0 Å². The maximum absolute atomic E-state index is 12.4. The minimum atomic E-state index is 0.141. The summed E-state index contributed by atoms with van der Waals surface area (Å²) in [5.41, 5.74) is 5.69. The molecule has 4 nitrogen and oxygen atoms in total. The number of rotatable bonds is 3. The minimum Gasteiger partial charge on any atom is -0.392 e. The van der Waals surface area contributed by atoms with Crippen LogP contribution in [0.1, 0.15) is 39.0 Å². The molecule has 5 heteroatoms. The number of carbonyl (C=O) groups excluding carboxylic acids is 1. The molecule has 0 spiro atoms. The van der Waals surface area contributed by atoms with E-state index in [9.17, 15) is 4.79 Å². The van der Waals surface area contributed by atoms with E-state index in [0.717, 1.165) is 39.0 Å². The first-order valence-electron chi connectivity index (χ1n) is 7.41. The average molecular weight is 283 g/mol. The third kappa shape index (κ3) is 3.66. The Morgan fingerprint density at radius 1 is 1.16 bits per heavy atom. The molecular formula is C14H25N3OS. The monoisotopic (exact) mass is 283 g/mol. The van der Waals surface area contributed by atoms with Gasteiger partial charge in [-0.05, 0) is 19.8 Å². The first kappa shape index (κ1) is 14.7. The van der Waals surface area contributed by atoms with E-state index in [-0.39, 0.29) is 12.0 Å². The van der Waals surface area contributed by atoms with Crippen LogP contribution in [0.15, 0.2) is 0 Å². The van der Waals surface area contributed by atoms with Gasteiger partial charge in [0, 0.05) is 32.1 Å². The van der Waals surface area contributed by atoms with Crippen LogP contribution in [-0.2, 0) is 4.79 Å². The fourth-order valence-electron chi connectivity index (χ4n) is 3.12. The summed E-state index contributed by atoms with van der Waals surface area (Å²) in [4.78, 5) is 17.3. The first-order valence-corrected chi connectivity index (χ1v) is 7.82. The third-order valence-corrected chi connectivity index (χ3v) is 4.88. The number of piperazine rings is 1. The Labute approximate surface area is 121 Å². The maximum atomic E-state index is 12.4. The van der Waals surface area contributed by atoms with Gasteiger partial charge in [0.15, 0.2) is 0 Å². The molecule has 0 aromatic carbocycles. The van der Waals surface area contributed by atoms with Crippen molar-refractivity contribution < 1.29 is 4.79 Å². The van der Waals surface area contributed by atoms with Crippen molar-refractivity contribution in [1.82, 2.24) is 9.80 Å². The van der Waals surface area contributed by atoms with Crippen molar-refractivity contribution in [2.24, 2.45) is 11.7 Å². The molecule has 1 saturated carbocycles. The number of nitrogens with two attached hydrogens (primary N) is 1. The number of thiocarbonyl (C=S) groups is 1. The molecule has 2 N–H and O–H groups in total. The number of carbonyl (C=O) groups is 1. The molecule has 2 rings (SSSR count). The van der Waals surface area contributed by atoms with Gasteiger partial charge >= 0.3 is 0 Å². The highest BCUT2D eigenvalue weighted by Crippen LogP contribution is 2.25. The van der Waals surface area contributed by atoms with E-state index >= 15 is 0 Å². The van der Waals surface area contributed by atoms with Crippen LogP contribution in [0.3, 0.4) is 0 Å². The quantitative estimate of drug-likeness (QED) is 0.795. The molecular weight excluding hydrogens is 258 g/mol. The Morgan fingerprint density at radius 3 is 2.26 bits per heavy atom. The number of hydrogen-bond donors (Lipinski definition) is 1. The van der Waals surface area contributed by atoms with Gasteiger partial charge in [0.1, 0.15) is 0 Å². The van der Waals surface area contributed by atoms with Gasteiger partial charge < -0.3 is 10.6 Å². The molecule has 0 aromatic heterocycles. The molecule has 1 aliphatic carbocycles. The van der Waals surface area contributed by atoms with E-state index in [1.807, 2.05) is 11.8 Å². The lowest BCUT2D eigenvalue weighted by molar-refractivity contribution is -0.138. The van der Waals surface area contributed by atoms with E-state index in [1.165, 1.54) is 19.3 Å². The molecule has 19 heavy (non-hydrogen) atoms. The zero-order chi connectivity index (χ0) is 13.8. The van der Waals surface area contributed by atoms with Crippen LogP contribution in [0.4, 0.5) is 0 Å². The van der Waals surface area contributed by atoms with E-state index < -0.39 is 0 Å². The van der Waals surface area contributed by atoms with Gasteiger partial charge in [0.2, 0.25) is 5.91 Å². The Hall–Kier alpha value is -0.680. The summed E-state index contributed by atoms with van der Waals surface area (Å²) >= 11 is 5.04. The molecule has 1 saturated heterocycles. The third-order valence-electron chi connectivity index (χ3n) is 4.54. The highest BCUT2D eigenvalue weighted by molar-refractivity contribution is 7.80. The summed E-state index contributed by atoms with van der Waals surface area (Å²) in [6.07, 6.45) is 5.90. The standard InChI is InChI=1S/C14H25N3OS/c1-11(13(15)19)16-7-9-17(10-8-16)14(18)12-5-3-2-4-6-12/h11-12H,2-10H2,1H3,(H2,15,19). The topological polar surface area (TPSA) is 49.6 Å². The number of amides is 1. The summed E-state index contributed by atoms with van der Waals surface area (Å²) in [7, 11) is 0. The van der Waals surface area contributed by atoms with E-state index in [1.54, 1.807) is 0 Å². The van der Waals surface area contributed by atoms with E-state index in [4.69, 9.17) is 18.0 Å². The molecule has 108 valence electrons.